The molecular formula is C21H20FN3O2. The minimum atomic E-state index is -0.391. The van der Waals surface area contributed by atoms with E-state index in [1.807, 2.05) is 42.5 Å². The number of ether oxygens (including phenoxy) is 1. The lowest BCUT2D eigenvalue weighted by Crippen LogP contribution is -2.28. The summed E-state index contributed by atoms with van der Waals surface area (Å²) >= 11 is 0. The van der Waals surface area contributed by atoms with Crippen LogP contribution in [0.4, 0.5) is 14.9 Å². The van der Waals surface area contributed by atoms with Crippen molar-refractivity contribution in [1.29, 1.82) is 0 Å². The summed E-state index contributed by atoms with van der Waals surface area (Å²) in [4.78, 5) is 16.2. The number of carbonyl (C=O) groups is 1. The van der Waals surface area contributed by atoms with Gasteiger partial charge >= 0.3 is 6.03 Å². The summed E-state index contributed by atoms with van der Waals surface area (Å²) in [6.45, 7) is 2.55. The molecule has 1 heterocycles. The number of anilines is 1. The number of benzene rings is 2. The average Bonchev–Trinajstić information content (AvgIpc) is 2.69. The van der Waals surface area contributed by atoms with E-state index >= 15 is 0 Å². The molecule has 3 rings (SSSR count). The van der Waals surface area contributed by atoms with Gasteiger partial charge in [0.2, 0.25) is 0 Å². The monoisotopic (exact) mass is 365 g/mol. The van der Waals surface area contributed by atoms with Gasteiger partial charge in [-0.1, -0.05) is 24.3 Å². The van der Waals surface area contributed by atoms with Gasteiger partial charge in [0.25, 0.3) is 0 Å². The maximum absolute atomic E-state index is 13.3. The van der Waals surface area contributed by atoms with Crippen molar-refractivity contribution in [1.82, 2.24) is 10.3 Å². The molecule has 1 aromatic heterocycles. The number of pyridine rings is 1. The number of nitrogens with zero attached hydrogens (tertiary/aromatic N) is 1. The quantitative estimate of drug-likeness (QED) is 0.679. The molecule has 0 radical (unpaired) electrons. The van der Waals surface area contributed by atoms with Crippen LogP contribution in [0.3, 0.4) is 0 Å². The highest BCUT2D eigenvalue weighted by Crippen LogP contribution is 2.16. The Morgan fingerprint density at radius 1 is 1.11 bits per heavy atom. The first-order valence-electron chi connectivity index (χ1n) is 8.53. The van der Waals surface area contributed by atoms with Gasteiger partial charge in [0.1, 0.15) is 18.2 Å². The van der Waals surface area contributed by atoms with Gasteiger partial charge < -0.3 is 15.4 Å². The highest BCUT2D eigenvalue weighted by molar-refractivity contribution is 5.90. The van der Waals surface area contributed by atoms with Gasteiger partial charge in [-0.15, -0.1) is 0 Å². The van der Waals surface area contributed by atoms with E-state index in [-0.39, 0.29) is 6.03 Å². The molecule has 2 amide bonds. The third-order valence-electron chi connectivity index (χ3n) is 3.94. The van der Waals surface area contributed by atoms with Gasteiger partial charge in [0, 0.05) is 18.4 Å². The molecule has 2 N–H and O–H groups in total. The molecule has 138 valence electrons. The van der Waals surface area contributed by atoms with Crippen molar-refractivity contribution in [2.24, 2.45) is 0 Å². The van der Waals surface area contributed by atoms with Gasteiger partial charge in [0.05, 0.1) is 5.69 Å². The molecule has 0 bridgehead atoms. The standard InChI is InChI=1S/C21H20FN3O2/c1-15-5-8-17(22)12-20(15)25-21(26)24-13-16-6-9-19(10-7-16)27-14-18-4-2-3-11-23-18/h2-12H,13-14H2,1H3,(H2,24,25,26). The fourth-order valence-corrected chi connectivity index (χ4v) is 2.42. The van der Waals surface area contributed by atoms with Crippen LogP contribution in [0.5, 0.6) is 5.75 Å². The fourth-order valence-electron chi connectivity index (χ4n) is 2.42. The van der Waals surface area contributed by atoms with E-state index in [0.29, 0.717) is 18.8 Å². The minimum absolute atomic E-state index is 0.348. The Bertz CT molecular complexity index is 899. The van der Waals surface area contributed by atoms with Crippen molar-refractivity contribution < 1.29 is 13.9 Å². The molecule has 0 aliphatic heterocycles. The summed E-state index contributed by atoms with van der Waals surface area (Å²) in [6.07, 6.45) is 1.73. The molecule has 2 aromatic carbocycles. The zero-order valence-electron chi connectivity index (χ0n) is 14.9. The lowest BCUT2D eigenvalue weighted by Gasteiger charge is -2.11. The topological polar surface area (TPSA) is 63.2 Å². The van der Waals surface area contributed by atoms with E-state index in [1.54, 1.807) is 19.2 Å². The second kappa shape index (κ2) is 8.80. The van der Waals surface area contributed by atoms with Crippen molar-refractivity contribution in [2.45, 2.75) is 20.1 Å². The van der Waals surface area contributed by atoms with Crippen LogP contribution in [0.25, 0.3) is 0 Å². The largest absolute Gasteiger partial charge is 0.487 e. The molecule has 0 atom stereocenters. The van der Waals surface area contributed by atoms with Crippen LogP contribution >= 0.6 is 0 Å². The van der Waals surface area contributed by atoms with Gasteiger partial charge in [-0.2, -0.15) is 0 Å². The summed E-state index contributed by atoms with van der Waals surface area (Å²) in [7, 11) is 0. The molecular weight excluding hydrogens is 345 g/mol. The molecule has 0 saturated heterocycles. The number of halogens is 1. The first kappa shape index (κ1) is 18.4. The number of urea groups is 1. The summed E-state index contributed by atoms with van der Waals surface area (Å²) in [5, 5.41) is 5.40. The second-order valence-electron chi connectivity index (χ2n) is 6.02. The number of hydrogen-bond donors (Lipinski definition) is 2. The number of hydrogen-bond acceptors (Lipinski definition) is 3. The minimum Gasteiger partial charge on any atom is -0.487 e. The number of amides is 2. The van der Waals surface area contributed by atoms with Crippen molar-refractivity contribution in [3.05, 3.63) is 89.5 Å². The van der Waals surface area contributed by atoms with Crippen LogP contribution in [-0.2, 0) is 13.2 Å². The molecule has 5 nitrogen and oxygen atoms in total. The highest BCUT2D eigenvalue weighted by Gasteiger charge is 2.06. The number of rotatable bonds is 6. The molecule has 27 heavy (non-hydrogen) atoms. The Kier molecular flexibility index (Phi) is 5.99. The Hall–Kier alpha value is -3.41. The summed E-state index contributed by atoms with van der Waals surface area (Å²) in [5.41, 5.74) is 3.02. The predicted octanol–water partition coefficient (Wildman–Crippen LogP) is 4.43. The third kappa shape index (κ3) is 5.54. The fraction of sp³-hybridized carbons (Fsp3) is 0.143. The van der Waals surface area contributed by atoms with E-state index in [2.05, 4.69) is 15.6 Å². The maximum Gasteiger partial charge on any atom is 0.319 e. The van der Waals surface area contributed by atoms with Crippen molar-refractivity contribution >= 4 is 11.7 Å². The Morgan fingerprint density at radius 2 is 1.93 bits per heavy atom. The van der Waals surface area contributed by atoms with E-state index in [0.717, 1.165) is 22.6 Å². The Labute approximate surface area is 157 Å². The predicted molar refractivity (Wildman–Crippen MR) is 102 cm³/mol. The van der Waals surface area contributed by atoms with E-state index in [9.17, 15) is 9.18 Å². The molecule has 0 fully saturated rings. The lowest BCUT2D eigenvalue weighted by molar-refractivity contribution is 0.251. The van der Waals surface area contributed by atoms with Crippen LogP contribution in [-0.4, -0.2) is 11.0 Å². The normalized spacial score (nSPS) is 10.3. The first-order valence-corrected chi connectivity index (χ1v) is 8.53. The Balaban J connectivity index is 1.48. The zero-order valence-corrected chi connectivity index (χ0v) is 14.9. The molecule has 0 spiro atoms. The van der Waals surface area contributed by atoms with Crippen molar-refractivity contribution in [3.63, 3.8) is 0 Å². The van der Waals surface area contributed by atoms with E-state index in [1.165, 1.54) is 12.1 Å². The SMILES string of the molecule is Cc1ccc(F)cc1NC(=O)NCc1ccc(OCc2ccccn2)cc1. The molecule has 0 aliphatic carbocycles. The molecule has 6 heteroatoms. The summed E-state index contributed by atoms with van der Waals surface area (Å²) < 4.78 is 18.9. The van der Waals surface area contributed by atoms with Crippen LogP contribution in [0, 0.1) is 12.7 Å². The van der Waals surface area contributed by atoms with Crippen LogP contribution in [0.15, 0.2) is 66.9 Å². The Morgan fingerprint density at radius 3 is 2.67 bits per heavy atom. The number of carbonyl (C=O) groups excluding carboxylic acids is 1. The molecule has 0 aliphatic rings. The smallest absolute Gasteiger partial charge is 0.319 e. The van der Waals surface area contributed by atoms with Gasteiger partial charge in [-0.05, 0) is 54.4 Å². The zero-order chi connectivity index (χ0) is 19.1. The third-order valence-corrected chi connectivity index (χ3v) is 3.94. The highest BCUT2D eigenvalue weighted by atomic mass is 19.1. The maximum atomic E-state index is 13.3. The van der Waals surface area contributed by atoms with Crippen molar-refractivity contribution in [3.8, 4) is 5.75 Å². The van der Waals surface area contributed by atoms with Crippen LogP contribution in [0.1, 0.15) is 16.8 Å². The molecule has 0 saturated carbocycles. The van der Waals surface area contributed by atoms with Gasteiger partial charge in [0.15, 0.2) is 0 Å². The van der Waals surface area contributed by atoms with Crippen LogP contribution in [0.2, 0.25) is 0 Å². The number of nitrogens with one attached hydrogen (secondary N) is 2. The van der Waals surface area contributed by atoms with E-state index in [4.69, 9.17) is 4.74 Å². The lowest BCUT2D eigenvalue weighted by atomic mass is 10.2. The first-order chi connectivity index (χ1) is 13.1. The second-order valence-corrected chi connectivity index (χ2v) is 6.02. The van der Waals surface area contributed by atoms with Crippen molar-refractivity contribution in [2.75, 3.05) is 5.32 Å². The number of aryl methyl sites for hydroxylation is 1. The molecule has 0 unspecified atom stereocenters. The number of aromatic nitrogens is 1. The average molecular weight is 365 g/mol. The van der Waals surface area contributed by atoms with Crippen LogP contribution < -0.4 is 15.4 Å². The van der Waals surface area contributed by atoms with E-state index < -0.39 is 5.82 Å². The summed E-state index contributed by atoms with van der Waals surface area (Å²) in [5.74, 6) is 0.335. The summed E-state index contributed by atoms with van der Waals surface area (Å²) in [6, 6.07) is 17.0. The molecule has 3 aromatic rings. The van der Waals surface area contributed by atoms with Gasteiger partial charge in [-0.25, -0.2) is 9.18 Å². The van der Waals surface area contributed by atoms with Gasteiger partial charge in [-0.3, -0.25) is 4.98 Å².